The van der Waals surface area contributed by atoms with Crippen LogP contribution in [0, 0.1) is 5.92 Å². The first-order valence-electron chi connectivity index (χ1n) is 8.69. The molecule has 1 fully saturated rings. The van der Waals surface area contributed by atoms with Crippen molar-refractivity contribution in [3.05, 3.63) is 23.8 Å². The van der Waals surface area contributed by atoms with E-state index in [4.69, 9.17) is 4.74 Å². The number of ether oxygens (including phenoxy) is 1. The Kier molecular flexibility index (Phi) is 4.92. The smallest absolute Gasteiger partial charge is 0.318 e. The van der Waals surface area contributed by atoms with Gasteiger partial charge in [0.25, 0.3) is 0 Å². The number of hydrogen-bond acceptors (Lipinski definition) is 3. The summed E-state index contributed by atoms with van der Waals surface area (Å²) in [5.41, 5.74) is 1.68. The van der Waals surface area contributed by atoms with Gasteiger partial charge in [0.05, 0.1) is 13.1 Å². The van der Waals surface area contributed by atoms with Gasteiger partial charge in [0.1, 0.15) is 12.4 Å². The predicted molar refractivity (Wildman–Crippen MR) is 92.0 cm³/mol. The third-order valence-corrected chi connectivity index (χ3v) is 4.53. The van der Waals surface area contributed by atoms with Crippen LogP contribution in [0.2, 0.25) is 0 Å². The van der Waals surface area contributed by atoms with E-state index in [1.54, 1.807) is 4.90 Å². The number of rotatable bonds is 4. The number of hydrogen-bond donors (Lipinski definition) is 2. The second kappa shape index (κ2) is 7.11. The van der Waals surface area contributed by atoms with Crippen molar-refractivity contribution < 1.29 is 14.3 Å². The Morgan fingerprint density at radius 2 is 2.17 bits per heavy atom. The first kappa shape index (κ1) is 16.6. The lowest BCUT2D eigenvalue weighted by molar-refractivity contribution is -0.117. The zero-order chi connectivity index (χ0) is 17.1. The molecule has 0 aromatic heterocycles. The summed E-state index contributed by atoms with van der Waals surface area (Å²) >= 11 is 0. The lowest BCUT2D eigenvalue weighted by atomic mass is 10.1. The summed E-state index contributed by atoms with van der Waals surface area (Å²) in [5.74, 6) is 1.02. The molecular formula is C18H25N3O3. The van der Waals surface area contributed by atoms with Crippen LogP contribution in [-0.2, 0) is 11.3 Å². The van der Waals surface area contributed by atoms with Gasteiger partial charge >= 0.3 is 6.03 Å². The summed E-state index contributed by atoms with van der Waals surface area (Å²) in [5, 5.41) is 5.94. The van der Waals surface area contributed by atoms with E-state index in [0.717, 1.165) is 36.3 Å². The summed E-state index contributed by atoms with van der Waals surface area (Å²) < 4.78 is 5.75. The minimum absolute atomic E-state index is 0.0757. The zero-order valence-corrected chi connectivity index (χ0v) is 14.3. The minimum Gasteiger partial charge on any atom is -0.491 e. The monoisotopic (exact) mass is 331 g/mol. The van der Waals surface area contributed by atoms with E-state index in [2.05, 4.69) is 10.6 Å². The minimum atomic E-state index is -0.0757. The normalized spacial score (nSPS) is 18.0. The highest BCUT2D eigenvalue weighted by Gasteiger charge is 2.29. The highest BCUT2D eigenvalue weighted by molar-refractivity contribution is 5.94. The number of carbonyl (C=O) groups is 2. The van der Waals surface area contributed by atoms with E-state index in [1.807, 2.05) is 32.0 Å². The molecule has 0 bridgehead atoms. The van der Waals surface area contributed by atoms with E-state index >= 15 is 0 Å². The fourth-order valence-corrected chi connectivity index (χ4v) is 2.64. The highest BCUT2D eigenvalue weighted by Crippen LogP contribution is 2.31. The van der Waals surface area contributed by atoms with E-state index in [9.17, 15) is 9.59 Å². The molecule has 2 N–H and O–H groups in total. The second-order valence-corrected chi connectivity index (χ2v) is 6.61. The van der Waals surface area contributed by atoms with Crippen LogP contribution in [0.25, 0.3) is 0 Å². The van der Waals surface area contributed by atoms with Crippen molar-refractivity contribution >= 4 is 17.6 Å². The Hall–Kier alpha value is -2.24. The van der Waals surface area contributed by atoms with Crippen molar-refractivity contribution in [1.29, 1.82) is 0 Å². The van der Waals surface area contributed by atoms with Crippen LogP contribution in [0.1, 0.15) is 38.7 Å². The maximum Gasteiger partial charge on any atom is 0.318 e. The van der Waals surface area contributed by atoms with Gasteiger partial charge < -0.3 is 20.3 Å². The molecule has 3 amide bonds. The van der Waals surface area contributed by atoms with E-state index < -0.39 is 0 Å². The molecule has 1 unspecified atom stereocenters. The molecule has 1 heterocycles. The third-order valence-electron chi connectivity index (χ3n) is 4.53. The largest absolute Gasteiger partial charge is 0.491 e. The number of amides is 3. The van der Waals surface area contributed by atoms with Crippen LogP contribution in [-0.4, -0.2) is 36.0 Å². The van der Waals surface area contributed by atoms with Crippen LogP contribution in [0.15, 0.2) is 18.2 Å². The summed E-state index contributed by atoms with van der Waals surface area (Å²) in [4.78, 5) is 26.1. The molecular weight excluding hydrogens is 306 g/mol. The SMILES string of the molecule is CCC(C)NC(=O)N1CCOc2ccc(NC(=O)C3CC3)cc2C1. The first-order valence-corrected chi connectivity index (χ1v) is 8.69. The average molecular weight is 331 g/mol. The summed E-state index contributed by atoms with van der Waals surface area (Å²) in [7, 11) is 0. The molecule has 6 nitrogen and oxygen atoms in total. The molecule has 2 aliphatic rings. The van der Waals surface area contributed by atoms with Crippen LogP contribution >= 0.6 is 0 Å². The van der Waals surface area contributed by atoms with E-state index in [1.165, 1.54) is 0 Å². The Labute approximate surface area is 142 Å². The van der Waals surface area contributed by atoms with E-state index in [0.29, 0.717) is 19.7 Å². The number of nitrogens with one attached hydrogen (secondary N) is 2. The Bertz CT molecular complexity index is 628. The Morgan fingerprint density at radius 1 is 1.38 bits per heavy atom. The van der Waals surface area contributed by atoms with Crippen molar-refractivity contribution in [2.75, 3.05) is 18.5 Å². The average Bonchev–Trinajstić information content (AvgIpc) is 3.40. The number of carbonyl (C=O) groups excluding carboxylic acids is 2. The van der Waals surface area contributed by atoms with Gasteiger partial charge in [-0.1, -0.05) is 6.92 Å². The van der Waals surface area contributed by atoms with Gasteiger partial charge in [0.2, 0.25) is 5.91 Å². The fourth-order valence-electron chi connectivity index (χ4n) is 2.64. The van der Waals surface area contributed by atoms with Gasteiger partial charge in [0, 0.05) is 23.2 Å². The van der Waals surface area contributed by atoms with Gasteiger partial charge in [-0.3, -0.25) is 4.79 Å². The van der Waals surface area contributed by atoms with Crippen molar-refractivity contribution in [3.8, 4) is 5.75 Å². The lowest BCUT2D eigenvalue weighted by Crippen LogP contribution is -2.44. The molecule has 24 heavy (non-hydrogen) atoms. The second-order valence-electron chi connectivity index (χ2n) is 6.61. The lowest BCUT2D eigenvalue weighted by Gasteiger charge is -2.23. The molecule has 0 radical (unpaired) electrons. The number of nitrogens with zero attached hydrogens (tertiary/aromatic N) is 1. The summed E-state index contributed by atoms with van der Waals surface area (Å²) in [6.07, 6.45) is 2.84. The van der Waals surface area contributed by atoms with Crippen molar-refractivity contribution in [2.24, 2.45) is 5.92 Å². The fraction of sp³-hybridized carbons (Fsp3) is 0.556. The first-order chi connectivity index (χ1) is 11.6. The van der Waals surface area contributed by atoms with Crippen molar-refractivity contribution in [2.45, 2.75) is 45.7 Å². The molecule has 1 aromatic rings. The van der Waals surface area contributed by atoms with Gasteiger partial charge in [-0.25, -0.2) is 4.79 Å². The highest BCUT2D eigenvalue weighted by atomic mass is 16.5. The van der Waals surface area contributed by atoms with Gasteiger partial charge in [-0.15, -0.1) is 0 Å². The number of fused-ring (bicyclic) bond motifs is 1. The molecule has 1 aromatic carbocycles. The molecule has 3 rings (SSSR count). The maximum atomic E-state index is 12.4. The van der Waals surface area contributed by atoms with Crippen LogP contribution in [0.3, 0.4) is 0 Å². The quantitative estimate of drug-likeness (QED) is 0.891. The van der Waals surface area contributed by atoms with Gasteiger partial charge in [-0.05, 0) is 44.4 Å². The molecule has 130 valence electrons. The van der Waals surface area contributed by atoms with Gasteiger partial charge in [0.15, 0.2) is 0 Å². The van der Waals surface area contributed by atoms with Crippen LogP contribution < -0.4 is 15.4 Å². The van der Waals surface area contributed by atoms with Crippen LogP contribution in [0.4, 0.5) is 10.5 Å². The topological polar surface area (TPSA) is 70.7 Å². The molecule has 1 saturated carbocycles. The van der Waals surface area contributed by atoms with E-state index in [-0.39, 0.29) is 23.9 Å². The summed E-state index contributed by atoms with van der Waals surface area (Å²) in [6, 6.07) is 5.70. The molecule has 1 aliphatic heterocycles. The number of urea groups is 1. The van der Waals surface area contributed by atoms with Crippen molar-refractivity contribution in [1.82, 2.24) is 10.2 Å². The molecule has 6 heteroatoms. The van der Waals surface area contributed by atoms with Crippen molar-refractivity contribution in [3.63, 3.8) is 0 Å². The molecule has 0 spiro atoms. The summed E-state index contributed by atoms with van der Waals surface area (Å²) in [6.45, 7) is 5.52. The van der Waals surface area contributed by atoms with Crippen LogP contribution in [0.5, 0.6) is 5.75 Å². The number of anilines is 1. The molecule has 0 saturated heterocycles. The van der Waals surface area contributed by atoms with Gasteiger partial charge in [-0.2, -0.15) is 0 Å². The Morgan fingerprint density at radius 3 is 2.88 bits per heavy atom. The molecule has 1 aliphatic carbocycles. The zero-order valence-electron chi connectivity index (χ0n) is 14.3. The predicted octanol–water partition coefficient (Wildman–Crippen LogP) is 2.74. The standard InChI is InChI=1S/C18H25N3O3/c1-3-12(2)19-18(23)21-8-9-24-16-7-6-15(10-14(16)11-21)20-17(22)13-4-5-13/h6-7,10,12-13H,3-5,8-9,11H2,1-2H3,(H,19,23)(H,20,22). The maximum absolute atomic E-state index is 12.4. The third kappa shape index (κ3) is 3.99. The Balaban J connectivity index is 1.70. The molecule has 1 atom stereocenters. The number of benzene rings is 1.